The summed E-state index contributed by atoms with van der Waals surface area (Å²) < 4.78 is 29.7. The van der Waals surface area contributed by atoms with E-state index in [9.17, 15) is 8.42 Å². The van der Waals surface area contributed by atoms with Gasteiger partial charge in [0.05, 0.1) is 4.90 Å². The molecule has 1 aliphatic heterocycles. The second-order valence-electron chi connectivity index (χ2n) is 4.40. The van der Waals surface area contributed by atoms with Gasteiger partial charge in [0.2, 0.25) is 9.84 Å². The molecular weight excluding hydrogens is 296 g/mol. The van der Waals surface area contributed by atoms with Gasteiger partial charge in [-0.2, -0.15) is 0 Å². The number of hydrogen-bond acceptors (Lipinski definition) is 3. The first-order valence-corrected chi connectivity index (χ1v) is 7.93. The number of fused-ring (bicyclic) bond motifs is 1. The Morgan fingerprint density at radius 2 is 1.75 bits per heavy atom. The van der Waals surface area contributed by atoms with Crippen LogP contribution in [0.5, 0.6) is 5.75 Å². The van der Waals surface area contributed by atoms with Gasteiger partial charge in [-0.25, -0.2) is 8.42 Å². The van der Waals surface area contributed by atoms with E-state index in [1.165, 1.54) is 5.41 Å². The van der Waals surface area contributed by atoms with Crippen LogP contribution in [0.4, 0.5) is 0 Å². The molecule has 0 radical (unpaired) electrons. The third-order valence-electron chi connectivity index (χ3n) is 3.04. The highest BCUT2D eigenvalue weighted by Gasteiger charge is 2.28. The molecule has 0 saturated carbocycles. The van der Waals surface area contributed by atoms with Gasteiger partial charge in [0.15, 0.2) is 0 Å². The Balaban J connectivity index is 1.93. The average Bonchev–Trinajstić information content (AvgIpc) is 2.71. The summed E-state index contributed by atoms with van der Waals surface area (Å²) in [4.78, 5) is 0.247. The van der Waals surface area contributed by atoms with Gasteiger partial charge in [-0.1, -0.05) is 35.9 Å². The lowest BCUT2D eigenvalue weighted by Gasteiger charge is -2.08. The Labute approximate surface area is 122 Å². The highest BCUT2D eigenvalue weighted by Crippen LogP contribution is 2.38. The Morgan fingerprint density at radius 1 is 1.00 bits per heavy atom. The first-order chi connectivity index (χ1) is 9.58. The van der Waals surface area contributed by atoms with Crippen molar-refractivity contribution < 1.29 is 13.2 Å². The predicted molar refractivity (Wildman–Crippen MR) is 78.6 cm³/mol. The van der Waals surface area contributed by atoms with Gasteiger partial charge in [-0.05, 0) is 24.3 Å². The van der Waals surface area contributed by atoms with Gasteiger partial charge in [0.1, 0.15) is 12.4 Å². The molecule has 0 bridgehead atoms. The number of halogens is 1. The summed E-state index contributed by atoms with van der Waals surface area (Å²) in [7, 11) is -3.41. The van der Waals surface area contributed by atoms with Crippen LogP contribution in [-0.4, -0.2) is 15.0 Å². The van der Waals surface area contributed by atoms with Gasteiger partial charge in [-0.3, -0.25) is 0 Å². The lowest BCUT2D eigenvalue weighted by molar-refractivity contribution is 0.370. The van der Waals surface area contributed by atoms with Crippen molar-refractivity contribution in [1.82, 2.24) is 0 Å². The molecule has 0 aromatic heterocycles. The van der Waals surface area contributed by atoms with Crippen LogP contribution in [0, 0.1) is 0 Å². The van der Waals surface area contributed by atoms with Crippen LogP contribution in [0.2, 0.25) is 5.02 Å². The molecule has 0 saturated heterocycles. The Kier molecular flexibility index (Phi) is 3.28. The number of rotatable bonds is 3. The number of hydrogen-bond donors (Lipinski definition) is 0. The van der Waals surface area contributed by atoms with Crippen molar-refractivity contribution >= 4 is 27.0 Å². The third kappa shape index (κ3) is 2.32. The van der Waals surface area contributed by atoms with E-state index in [4.69, 9.17) is 16.3 Å². The molecule has 0 fully saturated rings. The smallest absolute Gasteiger partial charge is 0.200 e. The van der Waals surface area contributed by atoms with Crippen molar-refractivity contribution in [3.05, 3.63) is 64.5 Å². The summed E-state index contributed by atoms with van der Waals surface area (Å²) in [5, 5.41) is 1.65. The molecule has 2 aromatic carbocycles. The molecule has 0 N–H and O–H groups in total. The summed E-state index contributed by atoms with van der Waals surface area (Å²) in [6, 6.07) is 14.1. The molecule has 0 unspecified atom stereocenters. The predicted octanol–water partition coefficient (Wildman–Crippen LogP) is 3.55. The van der Waals surface area contributed by atoms with Gasteiger partial charge in [0.25, 0.3) is 0 Å². The highest BCUT2D eigenvalue weighted by molar-refractivity contribution is 7.95. The number of benzene rings is 2. The maximum absolute atomic E-state index is 12.0. The zero-order valence-corrected chi connectivity index (χ0v) is 12.0. The molecule has 0 aliphatic carbocycles. The molecule has 1 heterocycles. The fourth-order valence-corrected chi connectivity index (χ4v) is 3.98. The van der Waals surface area contributed by atoms with Crippen molar-refractivity contribution in [2.45, 2.75) is 4.90 Å². The first kappa shape index (κ1) is 13.2. The van der Waals surface area contributed by atoms with Gasteiger partial charge < -0.3 is 4.74 Å². The lowest BCUT2D eigenvalue weighted by Crippen LogP contribution is -2.00. The zero-order chi connectivity index (χ0) is 14.2. The quantitative estimate of drug-likeness (QED) is 0.871. The van der Waals surface area contributed by atoms with E-state index in [1.54, 1.807) is 18.2 Å². The summed E-state index contributed by atoms with van der Waals surface area (Å²) in [5.41, 5.74) is 1.12. The molecule has 0 atom stereocenters. The minimum atomic E-state index is -3.41. The average molecular weight is 307 g/mol. The molecule has 3 rings (SSSR count). The fraction of sp³-hybridized carbons (Fsp3) is 0.0667. The number of para-hydroxylation sites is 1. The van der Waals surface area contributed by atoms with Gasteiger partial charge in [-0.15, -0.1) is 0 Å². The maximum atomic E-state index is 12.0. The first-order valence-electron chi connectivity index (χ1n) is 6.00. The number of sulfone groups is 1. The van der Waals surface area contributed by atoms with Crippen LogP contribution in [0.25, 0.3) is 5.57 Å². The van der Waals surface area contributed by atoms with Crippen LogP contribution in [-0.2, 0) is 9.84 Å². The van der Waals surface area contributed by atoms with Crippen molar-refractivity contribution in [3.8, 4) is 5.75 Å². The van der Waals surface area contributed by atoms with Crippen molar-refractivity contribution in [3.63, 3.8) is 0 Å². The van der Waals surface area contributed by atoms with E-state index in [1.807, 2.05) is 30.3 Å². The molecular formula is C15H11ClO3S. The monoisotopic (exact) mass is 306 g/mol. The van der Waals surface area contributed by atoms with Crippen LogP contribution in [0.3, 0.4) is 0 Å². The maximum Gasteiger partial charge on any atom is 0.200 e. The molecule has 3 nitrogen and oxygen atoms in total. The van der Waals surface area contributed by atoms with Crippen molar-refractivity contribution in [2.24, 2.45) is 0 Å². The lowest BCUT2D eigenvalue weighted by atomic mass is 10.1. The topological polar surface area (TPSA) is 43.4 Å². The highest BCUT2D eigenvalue weighted by atomic mass is 35.5. The van der Waals surface area contributed by atoms with E-state index in [0.29, 0.717) is 21.9 Å². The van der Waals surface area contributed by atoms with E-state index in [2.05, 4.69) is 0 Å². The van der Waals surface area contributed by atoms with E-state index in [-0.39, 0.29) is 11.5 Å². The van der Waals surface area contributed by atoms with Crippen LogP contribution >= 0.6 is 11.6 Å². The largest absolute Gasteiger partial charge is 0.489 e. The molecule has 2 aromatic rings. The second kappa shape index (κ2) is 4.96. The SMILES string of the molecule is O=S1(=O)C=C(COc2ccccc2)c2c(Cl)cccc21. The standard InChI is InChI=1S/C15H11ClO3S/c16-13-7-4-8-14-15(13)11(10-20(14,17)18)9-19-12-5-2-1-3-6-12/h1-8,10H,9H2. The minimum absolute atomic E-state index is 0.167. The van der Waals surface area contributed by atoms with E-state index >= 15 is 0 Å². The number of ether oxygens (including phenoxy) is 1. The summed E-state index contributed by atoms with van der Waals surface area (Å²) in [5.74, 6) is 0.686. The van der Waals surface area contributed by atoms with E-state index in [0.717, 1.165) is 0 Å². The Hall–Kier alpha value is -1.78. The van der Waals surface area contributed by atoms with Crippen LogP contribution in [0.15, 0.2) is 58.8 Å². The second-order valence-corrected chi connectivity index (χ2v) is 6.58. The summed E-state index contributed by atoms with van der Waals surface area (Å²) in [6.07, 6.45) is 0. The summed E-state index contributed by atoms with van der Waals surface area (Å²) in [6.45, 7) is 0.167. The summed E-state index contributed by atoms with van der Waals surface area (Å²) >= 11 is 6.11. The Morgan fingerprint density at radius 3 is 2.50 bits per heavy atom. The van der Waals surface area contributed by atoms with Gasteiger partial charge in [0, 0.05) is 21.6 Å². The molecule has 0 spiro atoms. The normalized spacial score (nSPS) is 15.6. The van der Waals surface area contributed by atoms with Crippen LogP contribution in [0.1, 0.15) is 5.56 Å². The third-order valence-corrected chi connectivity index (χ3v) is 4.90. The Bertz CT molecular complexity index is 780. The van der Waals surface area contributed by atoms with E-state index < -0.39 is 9.84 Å². The van der Waals surface area contributed by atoms with Crippen LogP contribution < -0.4 is 4.74 Å². The molecule has 5 heteroatoms. The molecule has 1 aliphatic rings. The molecule has 0 amide bonds. The zero-order valence-electron chi connectivity index (χ0n) is 10.4. The van der Waals surface area contributed by atoms with Crippen molar-refractivity contribution in [2.75, 3.05) is 6.61 Å². The van der Waals surface area contributed by atoms with Gasteiger partial charge >= 0.3 is 0 Å². The molecule has 20 heavy (non-hydrogen) atoms. The van der Waals surface area contributed by atoms with Crippen molar-refractivity contribution in [1.29, 1.82) is 0 Å². The molecule has 102 valence electrons. The minimum Gasteiger partial charge on any atom is -0.489 e. The fourth-order valence-electron chi connectivity index (χ4n) is 2.15.